The summed E-state index contributed by atoms with van der Waals surface area (Å²) in [7, 11) is 1.35. The van der Waals surface area contributed by atoms with Crippen molar-refractivity contribution >= 4 is 34.5 Å². The summed E-state index contributed by atoms with van der Waals surface area (Å²) in [4.78, 5) is 24.1. The van der Waals surface area contributed by atoms with Crippen LogP contribution in [-0.2, 0) is 20.7 Å². The summed E-state index contributed by atoms with van der Waals surface area (Å²) in [6.07, 6.45) is 5.63. The van der Waals surface area contributed by atoms with Gasteiger partial charge < -0.3 is 10.1 Å². The van der Waals surface area contributed by atoms with E-state index in [1.165, 1.54) is 20.0 Å². The van der Waals surface area contributed by atoms with Gasteiger partial charge in [-0.1, -0.05) is 25.0 Å². The first-order valence-electron chi connectivity index (χ1n) is 7.70. The van der Waals surface area contributed by atoms with Crippen molar-refractivity contribution in [3.63, 3.8) is 0 Å². The molecule has 1 fully saturated rings. The number of amides is 1. The number of halogens is 1. The predicted molar refractivity (Wildman–Crippen MR) is 93.4 cm³/mol. The Morgan fingerprint density at radius 1 is 1.27 bits per heavy atom. The van der Waals surface area contributed by atoms with Crippen LogP contribution < -0.4 is 5.32 Å². The van der Waals surface area contributed by atoms with E-state index >= 15 is 0 Å². The number of methoxy groups -OCH3 is 1. The van der Waals surface area contributed by atoms with Gasteiger partial charge in [-0.15, -0.1) is 0 Å². The van der Waals surface area contributed by atoms with Gasteiger partial charge >= 0.3 is 5.97 Å². The maximum atomic E-state index is 12.2. The highest BCUT2D eigenvalue weighted by Crippen LogP contribution is 2.27. The molecular formula is C17H22INO3. The monoisotopic (exact) mass is 415 g/mol. The maximum absolute atomic E-state index is 12.2. The lowest BCUT2D eigenvalue weighted by molar-refractivity contribution is -0.145. The van der Waals surface area contributed by atoms with Crippen LogP contribution in [-0.4, -0.2) is 25.0 Å². The van der Waals surface area contributed by atoms with Gasteiger partial charge in [0.05, 0.1) is 7.11 Å². The zero-order valence-electron chi connectivity index (χ0n) is 12.8. The molecule has 0 unspecified atom stereocenters. The molecule has 1 saturated carbocycles. The molecule has 1 aromatic rings. The Hall–Kier alpha value is -1.11. The Balaban J connectivity index is 1.94. The van der Waals surface area contributed by atoms with Crippen LogP contribution in [0.25, 0.3) is 0 Å². The van der Waals surface area contributed by atoms with Crippen LogP contribution in [0.15, 0.2) is 24.3 Å². The SMILES string of the molecule is COC(=O)[C@H](Cc1ccc(I)cc1)NC(=O)CC1CCCC1. The first-order valence-corrected chi connectivity index (χ1v) is 8.78. The van der Waals surface area contributed by atoms with Gasteiger partial charge in [0.2, 0.25) is 5.91 Å². The van der Waals surface area contributed by atoms with Gasteiger partial charge in [0, 0.05) is 16.4 Å². The summed E-state index contributed by atoms with van der Waals surface area (Å²) in [6.45, 7) is 0. The fourth-order valence-electron chi connectivity index (χ4n) is 2.92. The fourth-order valence-corrected chi connectivity index (χ4v) is 3.28. The number of rotatable bonds is 6. The Morgan fingerprint density at radius 2 is 1.91 bits per heavy atom. The van der Waals surface area contributed by atoms with Crippen molar-refractivity contribution in [2.45, 2.75) is 44.6 Å². The van der Waals surface area contributed by atoms with Crippen molar-refractivity contribution in [2.24, 2.45) is 5.92 Å². The lowest BCUT2D eigenvalue weighted by atomic mass is 10.0. The number of hydrogen-bond donors (Lipinski definition) is 1. The van der Waals surface area contributed by atoms with Crippen molar-refractivity contribution < 1.29 is 14.3 Å². The van der Waals surface area contributed by atoms with Crippen molar-refractivity contribution in [1.82, 2.24) is 5.32 Å². The van der Waals surface area contributed by atoms with E-state index < -0.39 is 12.0 Å². The zero-order valence-corrected chi connectivity index (χ0v) is 15.0. The van der Waals surface area contributed by atoms with Gasteiger partial charge in [0.15, 0.2) is 0 Å². The molecule has 0 bridgehead atoms. The van der Waals surface area contributed by atoms with Crippen LogP contribution in [0.1, 0.15) is 37.7 Å². The Kier molecular flexibility index (Phi) is 6.67. The number of benzene rings is 1. The Morgan fingerprint density at radius 3 is 2.50 bits per heavy atom. The normalized spacial score (nSPS) is 16.3. The molecule has 120 valence electrons. The average molecular weight is 415 g/mol. The van der Waals surface area contributed by atoms with Crippen LogP contribution >= 0.6 is 22.6 Å². The maximum Gasteiger partial charge on any atom is 0.328 e. The summed E-state index contributed by atoms with van der Waals surface area (Å²) in [5.74, 6) is 0.0303. The number of carbonyl (C=O) groups is 2. The predicted octanol–water partition coefficient (Wildman–Crippen LogP) is 3.07. The van der Waals surface area contributed by atoms with Crippen LogP contribution in [0.2, 0.25) is 0 Å². The van der Waals surface area contributed by atoms with Gasteiger partial charge in [0.25, 0.3) is 0 Å². The van der Waals surface area contributed by atoms with E-state index in [-0.39, 0.29) is 5.91 Å². The molecule has 1 amide bonds. The van der Waals surface area contributed by atoms with Gasteiger partial charge in [-0.3, -0.25) is 4.79 Å². The van der Waals surface area contributed by atoms with E-state index in [2.05, 4.69) is 27.9 Å². The van der Waals surface area contributed by atoms with E-state index in [1.807, 2.05) is 24.3 Å². The molecule has 0 saturated heterocycles. The van der Waals surface area contributed by atoms with Gasteiger partial charge in [-0.25, -0.2) is 4.79 Å². The molecule has 2 rings (SSSR count). The smallest absolute Gasteiger partial charge is 0.328 e. The molecule has 4 nitrogen and oxygen atoms in total. The molecule has 22 heavy (non-hydrogen) atoms. The zero-order chi connectivity index (χ0) is 15.9. The lowest BCUT2D eigenvalue weighted by Crippen LogP contribution is -2.43. The van der Waals surface area contributed by atoms with Gasteiger partial charge in [-0.05, 0) is 59.0 Å². The van der Waals surface area contributed by atoms with Crippen LogP contribution in [0, 0.1) is 9.49 Å². The highest BCUT2D eigenvalue weighted by molar-refractivity contribution is 14.1. The molecule has 0 aliphatic heterocycles. The number of esters is 1. The van der Waals surface area contributed by atoms with Crippen molar-refractivity contribution in [1.29, 1.82) is 0 Å². The Labute approximate surface area is 145 Å². The summed E-state index contributed by atoms with van der Waals surface area (Å²) in [5, 5.41) is 2.84. The highest BCUT2D eigenvalue weighted by Gasteiger charge is 2.24. The first-order chi connectivity index (χ1) is 10.6. The molecule has 0 radical (unpaired) electrons. The third-order valence-electron chi connectivity index (χ3n) is 4.12. The molecule has 0 aromatic heterocycles. The summed E-state index contributed by atoms with van der Waals surface area (Å²) < 4.78 is 5.96. The number of ether oxygens (including phenoxy) is 1. The quantitative estimate of drug-likeness (QED) is 0.574. The number of carbonyl (C=O) groups excluding carboxylic acids is 2. The molecule has 0 heterocycles. The van der Waals surface area contributed by atoms with Crippen LogP contribution in [0.4, 0.5) is 0 Å². The molecule has 5 heteroatoms. The van der Waals surface area contributed by atoms with E-state index in [4.69, 9.17) is 4.74 Å². The second kappa shape index (κ2) is 8.50. The average Bonchev–Trinajstić information content (AvgIpc) is 3.00. The molecule has 1 aliphatic carbocycles. The second-order valence-electron chi connectivity index (χ2n) is 5.83. The Bertz CT molecular complexity index is 509. The van der Waals surface area contributed by atoms with Crippen LogP contribution in [0.5, 0.6) is 0 Å². The molecule has 1 N–H and O–H groups in total. The standard InChI is InChI=1S/C17H22INO3/c1-22-17(21)15(10-13-6-8-14(18)9-7-13)19-16(20)11-12-4-2-3-5-12/h6-9,12,15H,2-5,10-11H2,1H3,(H,19,20)/t15-/m0/s1. The molecule has 1 aliphatic rings. The highest BCUT2D eigenvalue weighted by atomic mass is 127. The topological polar surface area (TPSA) is 55.4 Å². The van der Waals surface area contributed by atoms with Crippen molar-refractivity contribution in [3.05, 3.63) is 33.4 Å². The number of nitrogens with one attached hydrogen (secondary N) is 1. The fraction of sp³-hybridized carbons (Fsp3) is 0.529. The molecule has 0 spiro atoms. The number of hydrogen-bond acceptors (Lipinski definition) is 3. The van der Waals surface area contributed by atoms with E-state index in [9.17, 15) is 9.59 Å². The van der Waals surface area contributed by atoms with Gasteiger partial charge in [0.1, 0.15) is 6.04 Å². The van der Waals surface area contributed by atoms with Crippen molar-refractivity contribution in [3.8, 4) is 0 Å². The third-order valence-corrected chi connectivity index (χ3v) is 4.84. The largest absolute Gasteiger partial charge is 0.467 e. The van der Waals surface area contributed by atoms with Gasteiger partial charge in [-0.2, -0.15) is 0 Å². The minimum Gasteiger partial charge on any atom is -0.467 e. The summed E-state index contributed by atoms with van der Waals surface area (Å²) in [6, 6.07) is 7.32. The molecular weight excluding hydrogens is 393 g/mol. The van der Waals surface area contributed by atoms with Crippen molar-refractivity contribution in [2.75, 3.05) is 7.11 Å². The molecule has 1 atom stereocenters. The van der Waals surface area contributed by atoms with E-state index in [0.29, 0.717) is 18.8 Å². The minimum atomic E-state index is -0.612. The second-order valence-corrected chi connectivity index (χ2v) is 7.07. The third kappa shape index (κ3) is 5.26. The van der Waals surface area contributed by atoms with Crippen LogP contribution in [0.3, 0.4) is 0 Å². The summed E-state index contributed by atoms with van der Waals surface area (Å²) >= 11 is 2.24. The minimum absolute atomic E-state index is 0.0483. The molecule has 1 aromatic carbocycles. The lowest BCUT2D eigenvalue weighted by Gasteiger charge is -2.18. The van der Waals surface area contributed by atoms with E-state index in [0.717, 1.165) is 22.0 Å². The summed E-state index contributed by atoms with van der Waals surface area (Å²) in [5.41, 5.74) is 1.01. The van der Waals surface area contributed by atoms with E-state index in [1.54, 1.807) is 0 Å². The first kappa shape index (κ1) is 17.2.